The summed E-state index contributed by atoms with van der Waals surface area (Å²) in [5.74, 6) is -0.477. The quantitative estimate of drug-likeness (QED) is 0.676. The molecule has 0 saturated heterocycles. The summed E-state index contributed by atoms with van der Waals surface area (Å²) >= 11 is 1.21. The first-order valence-electron chi connectivity index (χ1n) is 6.95. The first-order chi connectivity index (χ1) is 11.0. The molecule has 1 aliphatic rings. The van der Waals surface area contributed by atoms with Crippen LogP contribution in [0, 0.1) is 0 Å². The van der Waals surface area contributed by atoms with E-state index in [4.69, 9.17) is 4.74 Å². The van der Waals surface area contributed by atoms with Crippen LogP contribution in [-0.4, -0.2) is 26.3 Å². The van der Waals surface area contributed by atoms with Crippen LogP contribution in [0.5, 0.6) is 5.75 Å². The summed E-state index contributed by atoms with van der Waals surface area (Å²) in [5, 5.41) is 5.09. The van der Waals surface area contributed by atoms with E-state index < -0.39 is 16.7 Å². The van der Waals surface area contributed by atoms with Crippen molar-refractivity contribution in [2.75, 3.05) is 5.32 Å². The Labute approximate surface area is 139 Å². The lowest BCUT2D eigenvalue weighted by atomic mass is 10.1. The highest BCUT2D eigenvalue weighted by Crippen LogP contribution is 2.31. The number of fused-ring (bicyclic) bond motifs is 1. The van der Waals surface area contributed by atoms with Crippen LogP contribution >= 0.6 is 11.3 Å². The average molecular weight is 350 g/mol. The van der Waals surface area contributed by atoms with E-state index in [1.54, 1.807) is 23.6 Å². The number of para-hydroxylation sites is 1. The fourth-order valence-corrected chi connectivity index (χ4v) is 3.96. The Morgan fingerprint density at radius 3 is 2.96 bits per heavy atom. The number of anilines is 1. The highest BCUT2D eigenvalue weighted by molar-refractivity contribution is 7.85. The summed E-state index contributed by atoms with van der Waals surface area (Å²) in [7, 11) is -1.20. The van der Waals surface area contributed by atoms with E-state index in [0.29, 0.717) is 21.5 Å². The fraction of sp³-hybridized carbons (Fsp3) is 0.267. The standard InChI is InChI=1S/C15H14N2O4S2/c1-8(2)23(20)11-7-22-15(16-11)17-14(19)10-5-3-4-9-6-12(18)21-13(9)10/h3-5,7-8H,6H2,1-2H3,(H,16,17,19). The van der Waals surface area contributed by atoms with Crippen molar-refractivity contribution in [3.8, 4) is 5.75 Å². The highest BCUT2D eigenvalue weighted by atomic mass is 32.2. The van der Waals surface area contributed by atoms with Gasteiger partial charge in [-0.25, -0.2) is 4.98 Å². The van der Waals surface area contributed by atoms with Crippen molar-refractivity contribution in [3.63, 3.8) is 0 Å². The minimum Gasteiger partial charge on any atom is -0.425 e. The Kier molecular flexibility index (Phi) is 4.27. The summed E-state index contributed by atoms with van der Waals surface area (Å²) in [5.41, 5.74) is 0.985. The van der Waals surface area contributed by atoms with Gasteiger partial charge in [0.05, 0.1) is 22.8 Å². The lowest BCUT2D eigenvalue weighted by Crippen LogP contribution is -2.13. The maximum absolute atomic E-state index is 12.4. The second-order valence-corrected chi connectivity index (χ2v) is 8.05. The zero-order chi connectivity index (χ0) is 16.6. The largest absolute Gasteiger partial charge is 0.425 e. The van der Waals surface area contributed by atoms with Crippen molar-refractivity contribution in [1.29, 1.82) is 0 Å². The normalized spacial score (nSPS) is 14.5. The van der Waals surface area contributed by atoms with Crippen LogP contribution in [0.1, 0.15) is 29.8 Å². The molecule has 1 N–H and O–H groups in total. The SMILES string of the molecule is CC(C)S(=O)c1csc(NC(=O)c2cccc3c2OC(=O)C3)n1. The summed E-state index contributed by atoms with van der Waals surface area (Å²) in [6.07, 6.45) is 0.172. The molecule has 1 aromatic heterocycles. The van der Waals surface area contributed by atoms with Gasteiger partial charge in [-0.3, -0.25) is 19.1 Å². The van der Waals surface area contributed by atoms with Gasteiger partial charge in [-0.1, -0.05) is 26.0 Å². The number of carbonyl (C=O) groups is 2. The number of esters is 1. The Balaban J connectivity index is 1.80. The minimum atomic E-state index is -1.20. The number of nitrogens with one attached hydrogen (secondary N) is 1. The number of hydrogen-bond acceptors (Lipinski definition) is 6. The van der Waals surface area contributed by atoms with Crippen molar-refractivity contribution in [3.05, 3.63) is 34.7 Å². The number of aromatic nitrogens is 1. The van der Waals surface area contributed by atoms with E-state index in [-0.39, 0.29) is 23.2 Å². The van der Waals surface area contributed by atoms with Gasteiger partial charge in [0.15, 0.2) is 5.13 Å². The molecule has 8 heteroatoms. The molecule has 1 amide bonds. The van der Waals surface area contributed by atoms with Crippen LogP contribution in [0.4, 0.5) is 5.13 Å². The first-order valence-corrected chi connectivity index (χ1v) is 9.05. The van der Waals surface area contributed by atoms with Gasteiger partial charge in [-0.2, -0.15) is 0 Å². The number of ether oxygens (including phenoxy) is 1. The lowest BCUT2D eigenvalue weighted by Gasteiger charge is -2.06. The molecule has 0 saturated carbocycles. The van der Waals surface area contributed by atoms with Gasteiger partial charge >= 0.3 is 5.97 Å². The van der Waals surface area contributed by atoms with Crippen LogP contribution in [0.15, 0.2) is 28.6 Å². The second-order valence-electron chi connectivity index (χ2n) is 5.24. The van der Waals surface area contributed by atoms with Gasteiger partial charge in [0, 0.05) is 16.2 Å². The zero-order valence-electron chi connectivity index (χ0n) is 12.5. The number of hydrogen-bond donors (Lipinski definition) is 1. The Bertz CT molecular complexity index is 814. The van der Waals surface area contributed by atoms with Crippen molar-refractivity contribution in [2.45, 2.75) is 30.5 Å². The van der Waals surface area contributed by atoms with Gasteiger partial charge in [0.1, 0.15) is 10.8 Å². The van der Waals surface area contributed by atoms with Crippen molar-refractivity contribution < 1.29 is 18.5 Å². The van der Waals surface area contributed by atoms with Crippen LogP contribution < -0.4 is 10.1 Å². The molecule has 0 aliphatic carbocycles. The van der Waals surface area contributed by atoms with Crippen LogP contribution in [0.3, 0.4) is 0 Å². The number of thiazole rings is 1. The molecule has 1 aromatic carbocycles. The molecule has 1 aliphatic heterocycles. The number of benzene rings is 1. The molecule has 3 rings (SSSR count). The summed E-state index contributed by atoms with van der Waals surface area (Å²) in [4.78, 5) is 27.9. The third kappa shape index (κ3) is 3.18. The predicted octanol–water partition coefficient (Wildman–Crippen LogP) is 2.37. The van der Waals surface area contributed by atoms with E-state index in [9.17, 15) is 13.8 Å². The molecule has 0 fully saturated rings. The topological polar surface area (TPSA) is 85.4 Å². The third-order valence-electron chi connectivity index (χ3n) is 3.23. The van der Waals surface area contributed by atoms with E-state index in [2.05, 4.69) is 10.3 Å². The number of carbonyl (C=O) groups excluding carboxylic acids is 2. The summed E-state index contributed by atoms with van der Waals surface area (Å²) in [6, 6.07) is 5.05. The van der Waals surface area contributed by atoms with Gasteiger partial charge in [-0.15, -0.1) is 11.3 Å². The molecule has 120 valence electrons. The van der Waals surface area contributed by atoms with E-state index in [0.717, 1.165) is 0 Å². The van der Waals surface area contributed by atoms with Crippen molar-refractivity contribution in [1.82, 2.24) is 4.98 Å². The average Bonchev–Trinajstić information content (AvgIpc) is 3.11. The first kappa shape index (κ1) is 15.8. The Morgan fingerprint density at radius 1 is 1.43 bits per heavy atom. The molecule has 0 spiro atoms. The maximum atomic E-state index is 12.4. The Hall–Kier alpha value is -2.06. The van der Waals surface area contributed by atoms with Gasteiger partial charge in [0.25, 0.3) is 5.91 Å². The number of rotatable bonds is 4. The van der Waals surface area contributed by atoms with Gasteiger partial charge < -0.3 is 4.74 Å². The summed E-state index contributed by atoms with van der Waals surface area (Å²) < 4.78 is 17.1. The molecular formula is C15H14N2O4S2. The predicted molar refractivity (Wildman–Crippen MR) is 87.4 cm³/mol. The van der Waals surface area contributed by atoms with Crippen LogP contribution in [0.25, 0.3) is 0 Å². The molecule has 2 heterocycles. The number of nitrogens with zero attached hydrogens (tertiary/aromatic N) is 1. The van der Waals surface area contributed by atoms with E-state index >= 15 is 0 Å². The molecule has 0 radical (unpaired) electrons. The monoisotopic (exact) mass is 350 g/mol. The van der Waals surface area contributed by atoms with E-state index in [1.165, 1.54) is 11.3 Å². The van der Waals surface area contributed by atoms with Gasteiger partial charge in [-0.05, 0) is 6.07 Å². The molecule has 1 atom stereocenters. The van der Waals surface area contributed by atoms with Gasteiger partial charge in [0.2, 0.25) is 0 Å². The smallest absolute Gasteiger partial charge is 0.315 e. The molecule has 0 bridgehead atoms. The van der Waals surface area contributed by atoms with Crippen molar-refractivity contribution >= 4 is 39.1 Å². The fourth-order valence-electron chi connectivity index (χ4n) is 2.14. The molecule has 6 nitrogen and oxygen atoms in total. The van der Waals surface area contributed by atoms with Crippen molar-refractivity contribution in [2.24, 2.45) is 0 Å². The van der Waals surface area contributed by atoms with Crippen LogP contribution in [-0.2, 0) is 22.0 Å². The molecule has 2 aromatic rings. The molecule has 1 unspecified atom stereocenters. The minimum absolute atomic E-state index is 0.0440. The maximum Gasteiger partial charge on any atom is 0.315 e. The summed E-state index contributed by atoms with van der Waals surface area (Å²) in [6.45, 7) is 3.69. The molecule has 23 heavy (non-hydrogen) atoms. The third-order valence-corrected chi connectivity index (χ3v) is 5.61. The van der Waals surface area contributed by atoms with Crippen LogP contribution in [0.2, 0.25) is 0 Å². The number of amides is 1. The second kappa shape index (κ2) is 6.21. The lowest BCUT2D eigenvalue weighted by molar-refractivity contribution is -0.131. The highest BCUT2D eigenvalue weighted by Gasteiger charge is 2.26. The van der Waals surface area contributed by atoms with E-state index in [1.807, 2.05) is 13.8 Å². The zero-order valence-corrected chi connectivity index (χ0v) is 14.1. The Morgan fingerprint density at radius 2 is 2.22 bits per heavy atom. The molecular weight excluding hydrogens is 336 g/mol.